The first-order chi connectivity index (χ1) is 16.8. The fraction of sp³-hybridized carbons (Fsp3) is 0.552. The van der Waals surface area contributed by atoms with Crippen LogP contribution in [0.25, 0.3) is 0 Å². The van der Waals surface area contributed by atoms with Crippen LogP contribution in [0.5, 0.6) is 0 Å². The molecule has 2 aromatic rings. The van der Waals surface area contributed by atoms with Crippen molar-refractivity contribution >= 4 is 25.0 Å². The van der Waals surface area contributed by atoms with Crippen LogP contribution in [0, 0.1) is 41.5 Å². The van der Waals surface area contributed by atoms with E-state index in [4.69, 9.17) is 0 Å². The van der Waals surface area contributed by atoms with E-state index in [0.717, 1.165) is 0 Å². The summed E-state index contributed by atoms with van der Waals surface area (Å²) in [4.78, 5) is 2.64. The van der Waals surface area contributed by atoms with Gasteiger partial charge in [0.15, 0.2) is 0 Å². The Morgan fingerprint density at radius 3 is 1.58 bits per heavy atom. The third-order valence-corrected chi connectivity index (χ3v) is 6.90. The second-order valence-electron chi connectivity index (χ2n) is 10.3. The maximum absolute atomic E-state index is 9.75. The first-order valence-corrected chi connectivity index (χ1v) is 13.2. The van der Waals surface area contributed by atoms with Crippen LogP contribution in [-0.2, 0) is 0 Å². The molecule has 1 aliphatic rings. The number of benzene rings is 2. The summed E-state index contributed by atoms with van der Waals surface area (Å²) < 4.78 is 41.6. The fourth-order valence-corrected chi connectivity index (χ4v) is 5.77. The molecule has 0 fully saturated rings. The second-order valence-corrected chi connectivity index (χ2v) is 10.3. The van der Waals surface area contributed by atoms with E-state index in [1.807, 2.05) is 0 Å². The van der Waals surface area contributed by atoms with Crippen molar-refractivity contribution in [3.05, 3.63) is 57.6 Å². The van der Waals surface area contributed by atoms with E-state index in [1.54, 1.807) is 0 Å². The van der Waals surface area contributed by atoms with Crippen LogP contribution in [0.15, 0.2) is 24.3 Å². The summed E-state index contributed by atoms with van der Waals surface area (Å²) in [6.07, 6.45) is 10.0. The number of anilines is 1. The van der Waals surface area contributed by atoms with Gasteiger partial charge in [0.1, 0.15) is 23.5 Å². The molecule has 0 N–H and O–H groups in total. The lowest BCUT2D eigenvalue weighted by molar-refractivity contribution is -0.476. The lowest BCUT2D eigenvalue weighted by Gasteiger charge is -2.26. The average Bonchev–Trinajstić information content (AvgIpc) is 3.05. The van der Waals surface area contributed by atoms with Crippen molar-refractivity contribution in [2.45, 2.75) is 106 Å². The molecule has 0 spiro atoms. The quantitative estimate of drug-likeness (QED) is 0.197. The monoisotopic (exact) mass is 506 g/mol. The van der Waals surface area contributed by atoms with Crippen LogP contribution in [0.1, 0.15) is 85.8 Å². The van der Waals surface area contributed by atoms with Crippen LogP contribution in [0.3, 0.4) is 0 Å². The number of nitrogens with zero attached hydrogens (tertiary/aromatic N) is 2. The first-order valence-electron chi connectivity index (χ1n) is 13.2. The molecule has 1 heterocycles. The number of aryl methyl sites for hydroxylation is 6. The van der Waals surface area contributed by atoms with Gasteiger partial charge in [0.2, 0.25) is 6.34 Å². The number of halogens is 4. The first kappa shape index (κ1) is 29.9. The Bertz CT molecular complexity index is 1010. The zero-order valence-corrected chi connectivity index (χ0v) is 23.3. The highest BCUT2D eigenvalue weighted by Crippen LogP contribution is 2.38. The number of hydrogen-bond donors (Lipinski definition) is 0. The Balaban J connectivity index is 0.000000830. The maximum Gasteiger partial charge on any atom is 0.673 e. The summed E-state index contributed by atoms with van der Waals surface area (Å²) in [6.45, 7) is 18.2. The largest absolute Gasteiger partial charge is 0.673 e. The number of rotatable bonds is 8. The topological polar surface area (TPSA) is 6.25 Å². The van der Waals surface area contributed by atoms with Crippen molar-refractivity contribution in [2.75, 3.05) is 4.90 Å². The lowest BCUT2D eigenvalue weighted by Crippen LogP contribution is -2.39. The van der Waals surface area contributed by atoms with Crippen molar-refractivity contribution in [1.82, 2.24) is 0 Å². The molecular formula is C29H43BF4N2. The Hall–Kier alpha value is -2.31. The molecule has 2 nitrogen and oxygen atoms in total. The third-order valence-electron chi connectivity index (χ3n) is 6.90. The minimum atomic E-state index is -6.00. The second kappa shape index (κ2) is 12.8. The van der Waals surface area contributed by atoms with Gasteiger partial charge in [-0.05, 0) is 89.5 Å². The van der Waals surface area contributed by atoms with E-state index in [1.165, 1.54) is 83.3 Å². The zero-order valence-electron chi connectivity index (χ0n) is 23.3. The van der Waals surface area contributed by atoms with E-state index in [0.29, 0.717) is 12.1 Å². The summed E-state index contributed by atoms with van der Waals surface area (Å²) in [5.41, 5.74) is 11.1. The molecule has 0 unspecified atom stereocenters. The van der Waals surface area contributed by atoms with Crippen molar-refractivity contribution in [1.29, 1.82) is 0 Å². The molecule has 0 bridgehead atoms. The molecule has 36 heavy (non-hydrogen) atoms. The number of hydrogen-bond acceptors (Lipinski definition) is 1. The third kappa shape index (κ3) is 7.85. The molecular weight excluding hydrogens is 463 g/mol. The Kier molecular flexibility index (Phi) is 10.6. The zero-order chi connectivity index (χ0) is 27.2. The molecule has 0 saturated carbocycles. The molecule has 1 aliphatic heterocycles. The van der Waals surface area contributed by atoms with Crippen molar-refractivity contribution in [3.8, 4) is 0 Å². The summed E-state index contributed by atoms with van der Waals surface area (Å²) in [5, 5.41) is 0. The minimum Gasteiger partial charge on any atom is -0.418 e. The van der Waals surface area contributed by atoms with Gasteiger partial charge >= 0.3 is 7.25 Å². The molecule has 200 valence electrons. The van der Waals surface area contributed by atoms with E-state index in [9.17, 15) is 17.3 Å². The number of unbranched alkanes of at least 4 members (excludes halogenated alkanes) is 2. The molecule has 2 atom stereocenters. The van der Waals surface area contributed by atoms with Crippen LogP contribution in [0.4, 0.5) is 28.6 Å². The Morgan fingerprint density at radius 2 is 1.14 bits per heavy atom. The van der Waals surface area contributed by atoms with Gasteiger partial charge in [-0.15, -0.1) is 0 Å². The summed E-state index contributed by atoms with van der Waals surface area (Å²) in [6, 6.07) is 10.4. The van der Waals surface area contributed by atoms with Gasteiger partial charge in [0, 0.05) is 0 Å². The fourth-order valence-electron chi connectivity index (χ4n) is 5.77. The molecule has 0 saturated heterocycles. The van der Waals surface area contributed by atoms with Crippen molar-refractivity contribution < 1.29 is 21.8 Å². The van der Waals surface area contributed by atoms with Crippen molar-refractivity contribution in [2.24, 2.45) is 0 Å². The average molecular weight is 506 g/mol. The van der Waals surface area contributed by atoms with Crippen LogP contribution >= 0.6 is 0 Å². The molecule has 7 heteroatoms. The van der Waals surface area contributed by atoms with Gasteiger partial charge in [-0.2, -0.15) is 0 Å². The maximum atomic E-state index is 9.75. The minimum absolute atomic E-state index is 0.520. The highest BCUT2D eigenvalue weighted by Gasteiger charge is 2.44. The Morgan fingerprint density at radius 1 is 0.722 bits per heavy atom. The van der Waals surface area contributed by atoms with E-state index >= 15 is 0 Å². The smallest absolute Gasteiger partial charge is 0.418 e. The molecule has 2 aromatic carbocycles. The summed E-state index contributed by atoms with van der Waals surface area (Å²) in [5.74, 6) is 0. The normalized spacial score (nSPS) is 17.7. The predicted octanol–water partition coefficient (Wildman–Crippen LogP) is 9.15. The summed E-state index contributed by atoms with van der Waals surface area (Å²) in [7, 11) is -6.00. The molecule has 0 radical (unpaired) electrons. The Labute approximate surface area is 215 Å². The lowest BCUT2D eigenvalue weighted by atomic mass is 9.94. The molecule has 0 amide bonds. The predicted molar refractivity (Wildman–Crippen MR) is 147 cm³/mol. The summed E-state index contributed by atoms with van der Waals surface area (Å²) >= 11 is 0. The SMILES string of the molecule is CCCC[C@H]1[C@H](CCCC)[N+](c2c(C)cc(C)cc2C)=CN1c1c(C)cc(C)cc1C.F[B-](F)(F)F. The van der Waals surface area contributed by atoms with Gasteiger partial charge in [0.05, 0.1) is 0 Å². The van der Waals surface area contributed by atoms with Crippen molar-refractivity contribution in [3.63, 3.8) is 0 Å². The van der Waals surface area contributed by atoms with Gasteiger partial charge in [-0.25, -0.2) is 9.48 Å². The standard InChI is InChI=1S/C29H43N2.BF4/c1-9-11-13-26-27(14-12-10-2)31(29-24(7)17-21(4)18-25(29)8)19-30(26)28-22(5)15-20(3)16-23(28)6;2-1(3,4)5/h15-19,26-27H,9-14H2,1-8H3;/q+1;-1/t26-,27-;/m0./s1. The van der Waals surface area contributed by atoms with Crippen LogP contribution in [-0.4, -0.2) is 30.3 Å². The van der Waals surface area contributed by atoms with E-state index in [2.05, 4.69) is 95.5 Å². The van der Waals surface area contributed by atoms with E-state index in [-0.39, 0.29) is 0 Å². The van der Waals surface area contributed by atoms with Crippen LogP contribution < -0.4 is 4.90 Å². The van der Waals surface area contributed by atoms with Gasteiger partial charge < -0.3 is 17.3 Å². The van der Waals surface area contributed by atoms with Gasteiger partial charge in [0.25, 0.3) is 0 Å². The molecule has 3 rings (SSSR count). The molecule has 0 aromatic heterocycles. The molecule has 0 aliphatic carbocycles. The van der Waals surface area contributed by atoms with E-state index < -0.39 is 7.25 Å². The van der Waals surface area contributed by atoms with Crippen LogP contribution in [0.2, 0.25) is 0 Å². The highest BCUT2D eigenvalue weighted by molar-refractivity contribution is 6.50. The van der Waals surface area contributed by atoms with Gasteiger partial charge in [-0.1, -0.05) is 62.1 Å². The van der Waals surface area contributed by atoms with Gasteiger partial charge in [-0.3, -0.25) is 0 Å². The highest BCUT2D eigenvalue weighted by atomic mass is 19.5.